The molecule has 0 heterocycles. The summed E-state index contributed by atoms with van der Waals surface area (Å²) in [6.45, 7) is 3.65. The standard InChI is InChI=1S/C23H24Br2O3/c1-22(2,24)20(26)16-6-10-18(11-7-16)28-19-12-8-17(9-13-19)21(27)23(25)14-4-3-5-15-23/h6-13H,3-5,14-15H2,1-2H3. The summed E-state index contributed by atoms with van der Waals surface area (Å²) in [6, 6.07) is 14.3. The number of rotatable bonds is 6. The van der Waals surface area contributed by atoms with Gasteiger partial charge in [-0.05, 0) is 75.2 Å². The van der Waals surface area contributed by atoms with E-state index in [2.05, 4.69) is 31.9 Å². The summed E-state index contributed by atoms with van der Waals surface area (Å²) in [4.78, 5) is 25.1. The number of ketones is 2. The van der Waals surface area contributed by atoms with Crippen molar-refractivity contribution in [2.45, 2.75) is 54.6 Å². The van der Waals surface area contributed by atoms with Gasteiger partial charge in [0.1, 0.15) is 11.5 Å². The lowest BCUT2D eigenvalue weighted by atomic mass is 9.83. The summed E-state index contributed by atoms with van der Waals surface area (Å²) < 4.78 is 4.85. The Labute approximate surface area is 183 Å². The molecule has 0 atom stereocenters. The molecule has 0 spiro atoms. The maximum Gasteiger partial charge on any atom is 0.179 e. The highest BCUT2D eigenvalue weighted by Gasteiger charge is 2.37. The number of Topliss-reactive ketones (excluding diaryl/α,β-unsaturated/α-hetero) is 2. The van der Waals surface area contributed by atoms with E-state index in [0.29, 0.717) is 22.6 Å². The Morgan fingerprint density at radius 1 is 0.857 bits per heavy atom. The van der Waals surface area contributed by atoms with Crippen molar-refractivity contribution in [2.75, 3.05) is 0 Å². The van der Waals surface area contributed by atoms with Gasteiger partial charge in [0.05, 0.1) is 8.65 Å². The predicted molar refractivity (Wildman–Crippen MR) is 119 cm³/mol. The number of carbonyl (C=O) groups is 2. The number of benzene rings is 2. The molecule has 1 fully saturated rings. The van der Waals surface area contributed by atoms with Crippen LogP contribution in [0.2, 0.25) is 0 Å². The Hall–Kier alpha value is -1.46. The highest BCUT2D eigenvalue weighted by atomic mass is 79.9. The molecule has 1 aliphatic carbocycles. The largest absolute Gasteiger partial charge is 0.457 e. The minimum atomic E-state index is -0.594. The first-order chi connectivity index (χ1) is 13.2. The molecule has 5 heteroatoms. The fourth-order valence-corrected chi connectivity index (χ4v) is 4.44. The number of hydrogen-bond acceptors (Lipinski definition) is 3. The van der Waals surface area contributed by atoms with Gasteiger partial charge in [-0.15, -0.1) is 0 Å². The topological polar surface area (TPSA) is 43.4 Å². The first-order valence-corrected chi connectivity index (χ1v) is 11.1. The summed E-state index contributed by atoms with van der Waals surface area (Å²) in [5.74, 6) is 1.48. The molecule has 0 saturated heterocycles. The second kappa shape index (κ2) is 8.50. The molecule has 0 radical (unpaired) electrons. The van der Waals surface area contributed by atoms with Gasteiger partial charge < -0.3 is 4.74 Å². The summed E-state index contributed by atoms with van der Waals surface area (Å²) in [5, 5.41) is 0. The Morgan fingerprint density at radius 3 is 1.79 bits per heavy atom. The lowest BCUT2D eigenvalue weighted by Crippen LogP contribution is -2.34. The minimum Gasteiger partial charge on any atom is -0.457 e. The van der Waals surface area contributed by atoms with Crippen LogP contribution in [-0.2, 0) is 0 Å². The van der Waals surface area contributed by atoms with Crippen molar-refractivity contribution in [1.29, 1.82) is 0 Å². The fraction of sp³-hybridized carbons (Fsp3) is 0.391. The quantitative estimate of drug-likeness (QED) is 0.309. The van der Waals surface area contributed by atoms with Crippen molar-refractivity contribution in [2.24, 2.45) is 0 Å². The number of hydrogen-bond donors (Lipinski definition) is 0. The molecule has 1 saturated carbocycles. The maximum absolute atomic E-state index is 12.8. The zero-order valence-corrected chi connectivity index (χ0v) is 19.3. The van der Waals surface area contributed by atoms with Crippen LogP contribution in [0.4, 0.5) is 0 Å². The number of ether oxygens (including phenoxy) is 1. The van der Waals surface area contributed by atoms with E-state index in [4.69, 9.17) is 4.74 Å². The first kappa shape index (κ1) is 21.3. The van der Waals surface area contributed by atoms with Crippen LogP contribution in [0.15, 0.2) is 48.5 Å². The van der Waals surface area contributed by atoms with E-state index in [1.165, 1.54) is 6.42 Å². The van der Waals surface area contributed by atoms with E-state index in [0.717, 1.165) is 25.7 Å². The molecular weight excluding hydrogens is 484 g/mol. The average molecular weight is 508 g/mol. The monoisotopic (exact) mass is 506 g/mol. The van der Waals surface area contributed by atoms with Gasteiger partial charge in [0.25, 0.3) is 0 Å². The van der Waals surface area contributed by atoms with Crippen molar-refractivity contribution in [3.05, 3.63) is 59.7 Å². The summed E-state index contributed by atoms with van der Waals surface area (Å²) in [6.07, 6.45) is 5.15. The van der Waals surface area contributed by atoms with Gasteiger partial charge in [-0.3, -0.25) is 9.59 Å². The third-order valence-electron chi connectivity index (χ3n) is 5.06. The van der Waals surface area contributed by atoms with Crippen molar-refractivity contribution in [1.82, 2.24) is 0 Å². The molecule has 0 aromatic heterocycles. The smallest absolute Gasteiger partial charge is 0.179 e. The van der Waals surface area contributed by atoms with Crippen molar-refractivity contribution >= 4 is 43.4 Å². The third-order valence-corrected chi connectivity index (χ3v) is 6.57. The van der Waals surface area contributed by atoms with E-state index in [-0.39, 0.29) is 11.6 Å². The second-order valence-corrected chi connectivity index (χ2v) is 11.3. The summed E-state index contributed by atoms with van der Waals surface area (Å²) in [7, 11) is 0. The zero-order valence-electron chi connectivity index (χ0n) is 16.1. The first-order valence-electron chi connectivity index (χ1n) is 9.54. The van der Waals surface area contributed by atoms with E-state index in [9.17, 15) is 9.59 Å². The molecule has 3 rings (SSSR count). The van der Waals surface area contributed by atoms with Crippen LogP contribution in [0.1, 0.15) is 66.7 Å². The Kier molecular flexibility index (Phi) is 6.45. The number of halogens is 2. The van der Waals surface area contributed by atoms with Crippen LogP contribution < -0.4 is 4.74 Å². The number of carbonyl (C=O) groups excluding carboxylic acids is 2. The van der Waals surface area contributed by atoms with E-state index >= 15 is 0 Å². The average Bonchev–Trinajstić information content (AvgIpc) is 2.68. The molecule has 2 aromatic carbocycles. The molecule has 28 heavy (non-hydrogen) atoms. The van der Waals surface area contributed by atoms with Crippen LogP contribution in [0.25, 0.3) is 0 Å². The normalized spacial score (nSPS) is 16.4. The molecule has 0 bridgehead atoms. The zero-order chi connectivity index (χ0) is 20.4. The van der Waals surface area contributed by atoms with Crippen LogP contribution in [-0.4, -0.2) is 20.2 Å². The third kappa shape index (κ3) is 4.93. The molecule has 3 nitrogen and oxygen atoms in total. The van der Waals surface area contributed by atoms with Crippen LogP contribution in [0, 0.1) is 0 Å². The molecule has 0 N–H and O–H groups in total. The van der Waals surface area contributed by atoms with Gasteiger partial charge in [-0.1, -0.05) is 51.1 Å². The van der Waals surface area contributed by atoms with Crippen LogP contribution >= 0.6 is 31.9 Å². The highest BCUT2D eigenvalue weighted by Crippen LogP contribution is 2.39. The predicted octanol–water partition coefficient (Wildman–Crippen LogP) is 7.12. The van der Waals surface area contributed by atoms with Crippen molar-refractivity contribution in [3.63, 3.8) is 0 Å². The van der Waals surface area contributed by atoms with E-state index in [1.54, 1.807) is 24.3 Å². The van der Waals surface area contributed by atoms with Gasteiger partial charge in [-0.25, -0.2) is 0 Å². The van der Waals surface area contributed by atoms with Gasteiger partial charge in [0.2, 0.25) is 0 Å². The summed E-state index contributed by atoms with van der Waals surface area (Å²) in [5.41, 5.74) is 1.33. The lowest BCUT2D eigenvalue weighted by molar-refractivity contribution is 0.0922. The molecule has 2 aromatic rings. The lowest BCUT2D eigenvalue weighted by Gasteiger charge is -2.30. The van der Waals surface area contributed by atoms with Crippen LogP contribution in [0.3, 0.4) is 0 Å². The van der Waals surface area contributed by atoms with Gasteiger partial charge in [0.15, 0.2) is 11.6 Å². The number of alkyl halides is 2. The molecular formula is C23H24Br2O3. The molecule has 1 aliphatic rings. The van der Waals surface area contributed by atoms with E-state index < -0.39 is 8.65 Å². The minimum absolute atomic E-state index is 0.0216. The molecule has 0 aliphatic heterocycles. The highest BCUT2D eigenvalue weighted by molar-refractivity contribution is 9.10. The summed E-state index contributed by atoms with van der Waals surface area (Å²) >= 11 is 7.08. The molecule has 0 amide bonds. The Morgan fingerprint density at radius 2 is 1.32 bits per heavy atom. The maximum atomic E-state index is 12.8. The Balaban J connectivity index is 1.67. The SMILES string of the molecule is CC(C)(Br)C(=O)c1ccc(Oc2ccc(C(=O)C3(Br)CCCCC3)cc2)cc1. The van der Waals surface area contributed by atoms with Gasteiger partial charge in [-0.2, -0.15) is 0 Å². The van der Waals surface area contributed by atoms with Crippen molar-refractivity contribution < 1.29 is 14.3 Å². The molecule has 0 unspecified atom stereocenters. The van der Waals surface area contributed by atoms with Crippen LogP contribution in [0.5, 0.6) is 11.5 Å². The molecule has 148 valence electrons. The second-order valence-electron chi connectivity index (χ2n) is 7.81. The van der Waals surface area contributed by atoms with Gasteiger partial charge >= 0.3 is 0 Å². The van der Waals surface area contributed by atoms with Gasteiger partial charge in [0, 0.05) is 11.1 Å². The fourth-order valence-electron chi connectivity index (χ4n) is 3.43. The van der Waals surface area contributed by atoms with Crippen molar-refractivity contribution in [3.8, 4) is 11.5 Å². The Bertz CT molecular complexity index is 843. The van der Waals surface area contributed by atoms with E-state index in [1.807, 2.05) is 38.1 Å².